The highest BCUT2D eigenvalue weighted by Gasteiger charge is 2.50. The summed E-state index contributed by atoms with van der Waals surface area (Å²) in [5.41, 5.74) is 2.27. The van der Waals surface area contributed by atoms with Gasteiger partial charge in [-0.3, -0.25) is 9.59 Å². The van der Waals surface area contributed by atoms with Crippen LogP contribution in [-0.4, -0.2) is 23.6 Å². The van der Waals surface area contributed by atoms with Gasteiger partial charge in [0.1, 0.15) is 0 Å². The van der Waals surface area contributed by atoms with Crippen LogP contribution >= 0.6 is 0 Å². The molecule has 2 aliphatic heterocycles. The fourth-order valence-corrected chi connectivity index (χ4v) is 4.42. The molecule has 1 amide bonds. The first-order valence-corrected chi connectivity index (χ1v) is 10.5. The van der Waals surface area contributed by atoms with E-state index >= 15 is 0 Å². The van der Waals surface area contributed by atoms with Crippen LogP contribution in [0.25, 0.3) is 0 Å². The quantitative estimate of drug-likeness (QED) is 0.620. The molecule has 6 nitrogen and oxygen atoms in total. The van der Waals surface area contributed by atoms with Crippen molar-refractivity contribution in [3.8, 4) is 11.5 Å². The predicted molar refractivity (Wildman–Crippen MR) is 119 cm³/mol. The number of aliphatic hydroxyl groups is 1. The van der Waals surface area contributed by atoms with Crippen LogP contribution in [0.2, 0.25) is 0 Å². The summed E-state index contributed by atoms with van der Waals surface area (Å²) < 4.78 is 10.8. The maximum Gasteiger partial charge on any atom is 0.264 e. The number of Topliss-reactive ketones (excluding diaryl/α,β-unsaturated/α-hetero) is 1. The van der Waals surface area contributed by atoms with E-state index < -0.39 is 11.5 Å². The van der Waals surface area contributed by atoms with Crippen LogP contribution in [0.3, 0.4) is 0 Å². The van der Waals surface area contributed by atoms with E-state index in [0.717, 1.165) is 16.7 Å². The molecule has 2 heterocycles. The Hall–Kier alpha value is -3.64. The van der Waals surface area contributed by atoms with Gasteiger partial charge in [0, 0.05) is 11.1 Å². The molecular formula is C26H23NO5. The van der Waals surface area contributed by atoms with Gasteiger partial charge in [-0.25, -0.2) is 0 Å². The molecule has 0 fully saturated rings. The first-order valence-electron chi connectivity index (χ1n) is 10.5. The molecule has 2 aliphatic rings. The summed E-state index contributed by atoms with van der Waals surface area (Å²) in [6.45, 7) is 4.18. The Balaban J connectivity index is 1.48. The SMILES string of the molecule is Cc1ccc(C)c(C(=O)CC2(O)C(=O)N(Cc3ccc4c(c3)OCO4)c3ccccc32)c1. The number of benzene rings is 3. The number of ether oxygens (including phenoxy) is 2. The average Bonchev–Trinajstić information content (AvgIpc) is 3.33. The molecule has 3 aromatic carbocycles. The van der Waals surface area contributed by atoms with Crippen molar-refractivity contribution in [2.24, 2.45) is 0 Å². The third-order valence-corrected chi connectivity index (χ3v) is 6.13. The summed E-state index contributed by atoms with van der Waals surface area (Å²) in [4.78, 5) is 28.2. The van der Waals surface area contributed by atoms with Crippen LogP contribution in [0, 0.1) is 13.8 Å². The van der Waals surface area contributed by atoms with Crippen molar-refractivity contribution in [2.75, 3.05) is 11.7 Å². The molecule has 32 heavy (non-hydrogen) atoms. The topological polar surface area (TPSA) is 76.1 Å². The van der Waals surface area contributed by atoms with Crippen molar-refractivity contribution >= 4 is 17.4 Å². The van der Waals surface area contributed by atoms with E-state index in [9.17, 15) is 14.7 Å². The molecule has 1 unspecified atom stereocenters. The summed E-state index contributed by atoms with van der Waals surface area (Å²) in [5, 5.41) is 11.6. The van der Waals surface area contributed by atoms with E-state index in [1.165, 1.54) is 4.90 Å². The number of hydrogen-bond acceptors (Lipinski definition) is 5. The monoisotopic (exact) mass is 429 g/mol. The first kappa shape index (κ1) is 20.3. The number of nitrogens with zero attached hydrogens (tertiary/aromatic N) is 1. The van der Waals surface area contributed by atoms with E-state index in [0.29, 0.717) is 28.3 Å². The number of ketones is 1. The summed E-state index contributed by atoms with van der Waals surface area (Å²) in [6.07, 6.45) is -0.315. The third-order valence-electron chi connectivity index (χ3n) is 6.13. The van der Waals surface area contributed by atoms with Gasteiger partial charge >= 0.3 is 0 Å². The summed E-state index contributed by atoms with van der Waals surface area (Å²) in [7, 11) is 0. The number of carbonyl (C=O) groups is 2. The minimum atomic E-state index is -1.92. The van der Waals surface area contributed by atoms with Crippen molar-refractivity contribution in [2.45, 2.75) is 32.4 Å². The fraction of sp³-hybridized carbons (Fsp3) is 0.231. The Labute approximate surface area is 186 Å². The number of carbonyl (C=O) groups excluding carboxylic acids is 2. The van der Waals surface area contributed by atoms with E-state index in [1.807, 2.05) is 44.2 Å². The highest BCUT2D eigenvalue weighted by molar-refractivity contribution is 6.11. The number of anilines is 1. The molecule has 3 aromatic rings. The van der Waals surface area contributed by atoms with Crippen molar-refractivity contribution in [1.82, 2.24) is 0 Å². The lowest BCUT2D eigenvalue weighted by Gasteiger charge is -2.23. The fourth-order valence-electron chi connectivity index (χ4n) is 4.42. The van der Waals surface area contributed by atoms with Gasteiger partial charge in [0.15, 0.2) is 22.9 Å². The lowest BCUT2D eigenvalue weighted by atomic mass is 9.87. The van der Waals surface area contributed by atoms with Crippen LogP contribution < -0.4 is 14.4 Å². The molecule has 0 aliphatic carbocycles. The molecule has 0 radical (unpaired) electrons. The van der Waals surface area contributed by atoms with Crippen LogP contribution in [0.5, 0.6) is 11.5 Å². The molecule has 1 N–H and O–H groups in total. The lowest BCUT2D eigenvalue weighted by molar-refractivity contribution is -0.136. The Kier molecular flexibility index (Phi) is 4.75. The smallest absolute Gasteiger partial charge is 0.264 e. The standard InChI is InChI=1S/C26H23NO5/c1-16-7-8-17(2)19(11-16)22(28)13-26(30)20-5-3-4-6-21(20)27(25(26)29)14-18-9-10-23-24(12-18)32-15-31-23/h3-12,30H,13-15H2,1-2H3. The number of rotatable bonds is 5. The van der Waals surface area contributed by atoms with Crippen LogP contribution in [0.4, 0.5) is 5.69 Å². The van der Waals surface area contributed by atoms with Crippen molar-refractivity contribution in [1.29, 1.82) is 0 Å². The average molecular weight is 429 g/mol. The molecule has 1 atom stereocenters. The molecule has 0 saturated carbocycles. The Bertz CT molecular complexity index is 1250. The maximum absolute atomic E-state index is 13.5. The van der Waals surface area contributed by atoms with Gasteiger partial charge in [0.05, 0.1) is 18.7 Å². The zero-order valence-electron chi connectivity index (χ0n) is 17.9. The normalized spacial score (nSPS) is 18.7. The van der Waals surface area contributed by atoms with Gasteiger partial charge in [0.2, 0.25) is 6.79 Å². The zero-order valence-corrected chi connectivity index (χ0v) is 17.9. The van der Waals surface area contributed by atoms with Gasteiger partial charge in [0.25, 0.3) is 5.91 Å². The Morgan fingerprint density at radius 1 is 1.03 bits per heavy atom. The molecular weight excluding hydrogens is 406 g/mol. The number of para-hydroxylation sites is 1. The van der Waals surface area contributed by atoms with Crippen LogP contribution in [0.15, 0.2) is 60.7 Å². The van der Waals surface area contributed by atoms with E-state index in [-0.39, 0.29) is 25.5 Å². The third kappa shape index (κ3) is 3.24. The van der Waals surface area contributed by atoms with Crippen molar-refractivity contribution in [3.63, 3.8) is 0 Å². The highest BCUT2D eigenvalue weighted by atomic mass is 16.7. The van der Waals surface area contributed by atoms with Gasteiger partial charge in [-0.1, -0.05) is 42.0 Å². The van der Waals surface area contributed by atoms with Gasteiger partial charge < -0.3 is 19.5 Å². The number of fused-ring (bicyclic) bond motifs is 2. The molecule has 6 heteroatoms. The minimum absolute atomic E-state index is 0.171. The van der Waals surface area contributed by atoms with Gasteiger partial charge in [-0.05, 0) is 49.2 Å². The second-order valence-electron chi connectivity index (χ2n) is 8.37. The molecule has 0 saturated heterocycles. The minimum Gasteiger partial charge on any atom is -0.454 e. The largest absolute Gasteiger partial charge is 0.454 e. The molecule has 0 aromatic heterocycles. The predicted octanol–water partition coefficient (Wildman–Crippen LogP) is 4.04. The molecule has 162 valence electrons. The second-order valence-corrected chi connectivity index (χ2v) is 8.37. The first-order chi connectivity index (χ1) is 15.4. The Morgan fingerprint density at radius 2 is 1.81 bits per heavy atom. The molecule has 0 spiro atoms. The van der Waals surface area contributed by atoms with E-state index in [2.05, 4.69) is 0 Å². The Morgan fingerprint density at radius 3 is 2.66 bits per heavy atom. The number of amides is 1. The zero-order chi connectivity index (χ0) is 22.5. The van der Waals surface area contributed by atoms with E-state index in [1.54, 1.807) is 30.3 Å². The van der Waals surface area contributed by atoms with Gasteiger partial charge in [-0.2, -0.15) is 0 Å². The summed E-state index contributed by atoms with van der Waals surface area (Å²) in [5.74, 6) is 0.525. The second kappa shape index (κ2) is 7.50. The molecule has 0 bridgehead atoms. The number of aryl methyl sites for hydroxylation is 2. The summed E-state index contributed by atoms with van der Waals surface area (Å²) in [6, 6.07) is 18.2. The number of hydrogen-bond donors (Lipinski definition) is 1. The van der Waals surface area contributed by atoms with Crippen molar-refractivity contribution < 1.29 is 24.2 Å². The lowest BCUT2D eigenvalue weighted by Crippen LogP contribution is -2.41. The molecule has 5 rings (SSSR count). The van der Waals surface area contributed by atoms with Crippen LogP contribution in [0.1, 0.15) is 39.0 Å². The highest BCUT2D eigenvalue weighted by Crippen LogP contribution is 2.44. The maximum atomic E-state index is 13.5. The van der Waals surface area contributed by atoms with Crippen LogP contribution in [-0.2, 0) is 16.9 Å². The summed E-state index contributed by atoms with van der Waals surface area (Å²) >= 11 is 0. The van der Waals surface area contributed by atoms with Gasteiger partial charge in [-0.15, -0.1) is 0 Å². The van der Waals surface area contributed by atoms with Crippen molar-refractivity contribution in [3.05, 3.63) is 88.5 Å². The van der Waals surface area contributed by atoms with E-state index in [4.69, 9.17) is 9.47 Å².